The molecule has 11 heavy (non-hydrogen) atoms. The second kappa shape index (κ2) is 5.62. The van der Waals surface area contributed by atoms with Crippen LogP contribution in [0.5, 0.6) is 0 Å². The van der Waals surface area contributed by atoms with Gasteiger partial charge in [-0.05, 0) is 11.8 Å². The van der Waals surface area contributed by atoms with E-state index < -0.39 is 0 Å². The second-order valence-corrected chi connectivity index (χ2v) is 3.70. The smallest absolute Gasteiger partial charge is 0.0417 e. The molecule has 68 valence electrons. The zero-order valence-electron chi connectivity index (χ0n) is 7.40. The van der Waals surface area contributed by atoms with Gasteiger partial charge in [-0.15, -0.1) is 0 Å². The average molecular weight is 156 g/mol. The Hall–Kier alpha value is 0. The van der Waals surface area contributed by atoms with Gasteiger partial charge >= 0.3 is 0 Å². The molecule has 0 heteroatoms. The minimum Gasteiger partial charge on any atom is -0.0776 e. The fraction of sp³-hybridized carbons (Fsp3) is 1.00. The molecule has 0 aromatic rings. The molecule has 1 fully saturated rings. The Morgan fingerprint density at radius 3 is 1.27 bits per heavy atom. The quantitative estimate of drug-likeness (QED) is 0.560. The van der Waals surface area contributed by atoms with E-state index in [4.69, 9.17) is 0 Å². The van der Waals surface area contributed by atoms with Gasteiger partial charge in [-0.1, -0.05) is 59.8 Å². The van der Waals surface area contributed by atoms with E-state index >= 15 is 0 Å². The van der Waals surface area contributed by atoms with Crippen molar-refractivity contribution in [1.82, 2.24) is 0 Å². The number of hydrogen-bond donors (Lipinski definition) is 0. The van der Waals surface area contributed by atoms with Gasteiger partial charge in [-0.3, -0.25) is 0 Å². The molecule has 0 radical (unpaired) electrons. The fourth-order valence-electron chi connectivity index (χ4n) is 2.05. The Bertz CT molecular complexity index is 66.0. The fourth-order valence-corrected chi connectivity index (χ4v) is 2.05. The monoisotopic (exact) mass is 156 g/mol. The highest BCUT2D eigenvalue weighted by Gasteiger charge is 2.17. The normalized spacial score (nSPS) is 31.1. The molecule has 1 aliphatic carbocycles. The molecule has 0 bridgehead atoms. The maximum atomic E-state index is 2.33. The lowest BCUT2D eigenvalue weighted by Gasteiger charge is -2.26. The summed E-state index contributed by atoms with van der Waals surface area (Å²) in [4.78, 5) is 0. The second-order valence-electron chi connectivity index (χ2n) is 3.70. The van der Waals surface area contributed by atoms with Crippen molar-refractivity contribution in [1.29, 1.82) is 0 Å². The molecule has 1 saturated carbocycles. The molecule has 0 aromatic heterocycles. The molecule has 0 saturated heterocycles. The lowest BCUT2D eigenvalue weighted by Crippen LogP contribution is -2.12. The minimum absolute atomic E-state index is 0. The molecule has 0 amide bonds. The van der Waals surface area contributed by atoms with Crippen molar-refractivity contribution < 1.29 is 0 Å². The van der Waals surface area contributed by atoms with Gasteiger partial charge in [0.1, 0.15) is 0 Å². The van der Waals surface area contributed by atoms with Crippen LogP contribution in [0.4, 0.5) is 0 Å². The molecule has 0 aliphatic heterocycles. The zero-order chi connectivity index (χ0) is 7.40. The Kier molecular flexibility index (Phi) is 5.62. The standard InChI is InChI=1S/C10H20.CH4/c1-3-9-5-7-10(4-2)8-6-9;/h9-10H,3-8H2,1-2H3;1H4. The van der Waals surface area contributed by atoms with Crippen molar-refractivity contribution in [2.45, 2.75) is 59.8 Å². The van der Waals surface area contributed by atoms with Crippen LogP contribution in [-0.2, 0) is 0 Å². The molecule has 0 atom stereocenters. The van der Waals surface area contributed by atoms with Crippen molar-refractivity contribution in [3.8, 4) is 0 Å². The Morgan fingerprint density at radius 1 is 0.818 bits per heavy atom. The van der Waals surface area contributed by atoms with Gasteiger partial charge in [0, 0.05) is 0 Å². The molecule has 0 heterocycles. The summed E-state index contributed by atoms with van der Waals surface area (Å²) in [6.45, 7) is 4.66. The van der Waals surface area contributed by atoms with E-state index in [1.165, 1.54) is 38.5 Å². The first kappa shape index (κ1) is 11.0. The van der Waals surface area contributed by atoms with Crippen molar-refractivity contribution >= 4 is 0 Å². The minimum atomic E-state index is 0. The SMILES string of the molecule is C.CCC1CCC(CC)CC1. The van der Waals surface area contributed by atoms with Crippen molar-refractivity contribution in [3.63, 3.8) is 0 Å². The van der Waals surface area contributed by atoms with E-state index in [0.717, 1.165) is 11.8 Å². The summed E-state index contributed by atoms with van der Waals surface area (Å²) in [5.41, 5.74) is 0. The van der Waals surface area contributed by atoms with Gasteiger partial charge in [0.05, 0.1) is 0 Å². The summed E-state index contributed by atoms with van der Waals surface area (Å²) >= 11 is 0. The highest BCUT2D eigenvalue weighted by Crippen LogP contribution is 2.31. The van der Waals surface area contributed by atoms with Crippen LogP contribution >= 0.6 is 0 Å². The van der Waals surface area contributed by atoms with Gasteiger partial charge in [0.25, 0.3) is 0 Å². The number of rotatable bonds is 2. The summed E-state index contributed by atoms with van der Waals surface area (Å²) in [6, 6.07) is 0. The van der Waals surface area contributed by atoms with Crippen LogP contribution in [0.25, 0.3) is 0 Å². The van der Waals surface area contributed by atoms with Gasteiger partial charge in [0.15, 0.2) is 0 Å². The van der Waals surface area contributed by atoms with E-state index in [0.29, 0.717) is 0 Å². The topological polar surface area (TPSA) is 0 Å². The third-order valence-electron chi connectivity index (χ3n) is 3.12. The molecule has 0 spiro atoms. The largest absolute Gasteiger partial charge is 0.0776 e. The first-order chi connectivity index (χ1) is 4.86. The third-order valence-corrected chi connectivity index (χ3v) is 3.12. The third kappa shape index (κ3) is 3.27. The molecule has 0 nitrogen and oxygen atoms in total. The highest BCUT2D eigenvalue weighted by molar-refractivity contribution is 4.70. The van der Waals surface area contributed by atoms with Crippen LogP contribution in [0.15, 0.2) is 0 Å². The first-order valence-electron chi connectivity index (χ1n) is 4.86. The van der Waals surface area contributed by atoms with Gasteiger partial charge in [0.2, 0.25) is 0 Å². The summed E-state index contributed by atoms with van der Waals surface area (Å²) < 4.78 is 0. The Labute approximate surface area is 72.4 Å². The van der Waals surface area contributed by atoms with Crippen LogP contribution in [0.1, 0.15) is 59.8 Å². The van der Waals surface area contributed by atoms with Crippen LogP contribution in [0, 0.1) is 11.8 Å². The van der Waals surface area contributed by atoms with E-state index in [9.17, 15) is 0 Å². The maximum absolute atomic E-state index is 2.33. The molecule has 1 aliphatic rings. The van der Waals surface area contributed by atoms with Gasteiger partial charge < -0.3 is 0 Å². The average Bonchev–Trinajstić information content (AvgIpc) is 2.05. The Morgan fingerprint density at radius 2 is 1.09 bits per heavy atom. The molecule has 0 aromatic carbocycles. The lowest BCUT2D eigenvalue weighted by atomic mass is 9.80. The summed E-state index contributed by atoms with van der Waals surface area (Å²) in [5, 5.41) is 0. The number of hydrogen-bond acceptors (Lipinski definition) is 0. The molecule has 0 unspecified atom stereocenters. The van der Waals surface area contributed by atoms with E-state index in [2.05, 4.69) is 13.8 Å². The zero-order valence-corrected chi connectivity index (χ0v) is 7.40. The van der Waals surface area contributed by atoms with Crippen molar-refractivity contribution in [2.24, 2.45) is 11.8 Å². The molecule has 1 rings (SSSR count). The van der Waals surface area contributed by atoms with Crippen LogP contribution in [0.3, 0.4) is 0 Å². The van der Waals surface area contributed by atoms with Crippen LogP contribution < -0.4 is 0 Å². The van der Waals surface area contributed by atoms with Crippen molar-refractivity contribution in [2.75, 3.05) is 0 Å². The molecular formula is C11H24. The van der Waals surface area contributed by atoms with E-state index in [1.807, 2.05) is 0 Å². The van der Waals surface area contributed by atoms with E-state index in [-0.39, 0.29) is 7.43 Å². The van der Waals surface area contributed by atoms with Gasteiger partial charge in [-0.25, -0.2) is 0 Å². The summed E-state index contributed by atoms with van der Waals surface area (Å²) in [6.07, 6.45) is 8.86. The maximum Gasteiger partial charge on any atom is -0.0417 e. The van der Waals surface area contributed by atoms with E-state index in [1.54, 1.807) is 0 Å². The van der Waals surface area contributed by atoms with Gasteiger partial charge in [-0.2, -0.15) is 0 Å². The summed E-state index contributed by atoms with van der Waals surface area (Å²) in [5.74, 6) is 2.14. The molecular weight excluding hydrogens is 132 g/mol. The van der Waals surface area contributed by atoms with Crippen LogP contribution in [0.2, 0.25) is 0 Å². The van der Waals surface area contributed by atoms with Crippen molar-refractivity contribution in [3.05, 3.63) is 0 Å². The predicted octanol–water partition coefficient (Wildman–Crippen LogP) is 4.25. The predicted molar refractivity (Wildman–Crippen MR) is 52.8 cm³/mol. The first-order valence-corrected chi connectivity index (χ1v) is 4.86. The summed E-state index contributed by atoms with van der Waals surface area (Å²) in [7, 11) is 0. The Balaban J connectivity index is 0.000001000. The highest BCUT2D eigenvalue weighted by atomic mass is 14.2. The van der Waals surface area contributed by atoms with Crippen LogP contribution in [-0.4, -0.2) is 0 Å². The molecule has 0 N–H and O–H groups in total. The lowest BCUT2D eigenvalue weighted by molar-refractivity contribution is 0.264.